The number of ether oxygens (including phenoxy) is 1. The van der Waals surface area contributed by atoms with Crippen molar-refractivity contribution in [1.82, 2.24) is 19.4 Å². The highest BCUT2D eigenvalue weighted by atomic mass is 19.3. The van der Waals surface area contributed by atoms with Crippen LogP contribution in [0.3, 0.4) is 0 Å². The van der Waals surface area contributed by atoms with Crippen molar-refractivity contribution >= 4 is 11.5 Å². The Kier molecular flexibility index (Phi) is 5.16. The molecule has 0 aliphatic carbocycles. The molecule has 4 aromatic rings. The van der Waals surface area contributed by atoms with Crippen LogP contribution in [0.15, 0.2) is 43.0 Å². The van der Waals surface area contributed by atoms with Crippen molar-refractivity contribution in [1.29, 1.82) is 0 Å². The normalized spacial score (nSPS) is 13.2. The maximum atomic E-state index is 14.5. The number of anilines is 1. The number of rotatable bonds is 6. The van der Waals surface area contributed by atoms with E-state index in [1.807, 2.05) is 0 Å². The number of halogens is 3. The minimum absolute atomic E-state index is 0.212. The van der Waals surface area contributed by atoms with Gasteiger partial charge in [0.05, 0.1) is 18.3 Å². The molecule has 1 aliphatic rings. The molecule has 0 spiro atoms. The second-order valence-corrected chi connectivity index (χ2v) is 7.79. The monoisotopic (exact) mass is 455 g/mol. The number of fused-ring (bicyclic) bond motifs is 2. The quantitative estimate of drug-likeness (QED) is 0.459. The van der Waals surface area contributed by atoms with Gasteiger partial charge < -0.3 is 15.2 Å². The van der Waals surface area contributed by atoms with E-state index in [1.165, 1.54) is 18.2 Å². The van der Waals surface area contributed by atoms with Gasteiger partial charge >= 0.3 is 5.92 Å². The predicted octanol–water partition coefficient (Wildman–Crippen LogP) is 3.87. The molecule has 0 amide bonds. The second-order valence-electron chi connectivity index (χ2n) is 7.79. The smallest absolute Gasteiger partial charge is 0.312 e. The molecule has 2 N–H and O–H groups in total. The Balaban J connectivity index is 1.48. The molecular formula is C23H20F3N5O2. The first-order valence-corrected chi connectivity index (χ1v) is 10.3. The van der Waals surface area contributed by atoms with E-state index in [9.17, 15) is 13.2 Å². The van der Waals surface area contributed by atoms with E-state index in [4.69, 9.17) is 9.84 Å². The standard InChI is InChI=1S/C23H20F3N5O2/c1-13-14(2-5-21(30-13)23(25,26)11-32)17-9-29-22(31-12-27-10-19(17)31)28-8-16-15-6-7-33-20(15)4-3-18(16)24/h2-5,9-10,12,32H,6-8,11H2,1H3,(H,28,29). The van der Waals surface area contributed by atoms with E-state index in [1.54, 1.807) is 36.1 Å². The van der Waals surface area contributed by atoms with Crippen LogP contribution in [0.5, 0.6) is 5.75 Å². The van der Waals surface area contributed by atoms with Gasteiger partial charge in [0.15, 0.2) is 0 Å². The summed E-state index contributed by atoms with van der Waals surface area (Å²) >= 11 is 0. The zero-order valence-corrected chi connectivity index (χ0v) is 17.6. The van der Waals surface area contributed by atoms with E-state index >= 15 is 0 Å². The van der Waals surface area contributed by atoms with Gasteiger partial charge in [-0.3, -0.25) is 9.38 Å². The largest absolute Gasteiger partial charge is 0.493 e. The minimum atomic E-state index is -3.42. The molecule has 33 heavy (non-hydrogen) atoms. The van der Waals surface area contributed by atoms with Crippen molar-refractivity contribution < 1.29 is 23.0 Å². The number of imidazole rings is 1. The molecular weight excluding hydrogens is 435 g/mol. The lowest BCUT2D eigenvalue weighted by atomic mass is 10.0. The summed E-state index contributed by atoms with van der Waals surface area (Å²) < 4.78 is 49.3. The highest BCUT2D eigenvalue weighted by molar-refractivity contribution is 5.81. The Morgan fingerprint density at radius 2 is 2.03 bits per heavy atom. The molecule has 0 bridgehead atoms. The summed E-state index contributed by atoms with van der Waals surface area (Å²) in [5.41, 5.74) is 3.20. The molecule has 5 rings (SSSR count). The van der Waals surface area contributed by atoms with Crippen molar-refractivity contribution in [3.05, 3.63) is 71.3 Å². The highest BCUT2D eigenvalue weighted by Crippen LogP contribution is 2.33. The van der Waals surface area contributed by atoms with Gasteiger partial charge in [-0.15, -0.1) is 0 Å². The van der Waals surface area contributed by atoms with Crippen molar-refractivity contribution in [2.75, 3.05) is 18.5 Å². The van der Waals surface area contributed by atoms with Crippen LogP contribution in [-0.2, 0) is 18.9 Å². The molecule has 1 aliphatic heterocycles. The summed E-state index contributed by atoms with van der Waals surface area (Å²) in [7, 11) is 0. The van der Waals surface area contributed by atoms with E-state index in [0.717, 1.165) is 5.56 Å². The van der Waals surface area contributed by atoms with Crippen LogP contribution < -0.4 is 10.1 Å². The maximum Gasteiger partial charge on any atom is 0.312 e. The number of aryl methyl sites for hydroxylation is 1. The third-order valence-electron chi connectivity index (χ3n) is 5.77. The van der Waals surface area contributed by atoms with Crippen molar-refractivity contribution in [2.24, 2.45) is 0 Å². The summed E-state index contributed by atoms with van der Waals surface area (Å²) in [5.74, 6) is -2.58. The molecule has 0 radical (unpaired) electrons. The Labute approximate surface area is 186 Å². The molecule has 4 heterocycles. The lowest BCUT2D eigenvalue weighted by molar-refractivity contribution is -0.0593. The summed E-state index contributed by atoms with van der Waals surface area (Å²) in [4.78, 5) is 12.6. The van der Waals surface area contributed by atoms with Crippen LogP contribution in [0.1, 0.15) is 22.5 Å². The average Bonchev–Trinajstić information content (AvgIpc) is 3.48. The van der Waals surface area contributed by atoms with E-state index < -0.39 is 18.2 Å². The fraction of sp³-hybridized carbons (Fsp3) is 0.261. The molecule has 0 fully saturated rings. The topological polar surface area (TPSA) is 84.6 Å². The third-order valence-corrected chi connectivity index (χ3v) is 5.77. The number of alkyl halides is 2. The number of aromatic nitrogens is 4. The summed E-state index contributed by atoms with van der Waals surface area (Å²) in [6.07, 6.45) is 5.45. The van der Waals surface area contributed by atoms with E-state index in [2.05, 4.69) is 20.3 Å². The molecule has 3 aromatic heterocycles. The number of nitrogens with zero attached hydrogens (tertiary/aromatic N) is 4. The highest BCUT2D eigenvalue weighted by Gasteiger charge is 2.32. The van der Waals surface area contributed by atoms with Gasteiger partial charge in [-0.1, -0.05) is 6.07 Å². The van der Waals surface area contributed by atoms with Gasteiger partial charge in [0, 0.05) is 47.1 Å². The molecule has 10 heteroatoms. The molecule has 7 nitrogen and oxygen atoms in total. The Bertz CT molecular complexity index is 1360. The van der Waals surface area contributed by atoms with Gasteiger partial charge in [-0.05, 0) is 25.1 Å². The molecule has 170 valence electrons. The molecule has 0 saturated heterocycles. The summed E-state index contributed by atoms with van der Waals surface area (Å²) in [5, 5.41) is 12.1. The fourth-order valence-corrected chi connectivity index (χ4v) is 4.06. The SMILES string of the molecule is Cc1nc(C(F)(F)CO)ccc1-c1cnc(NCc2c(F)ccc3c2CCO3)n2cncc12. The Morgan fingerprint density at radius 1 is 1.18 bits per heavy atom. The maximum absolute atomic E-state index is 14.5. The van der Waals surface area contributed by atoms with Crippen LogP contribution in [0.4, 0.5) is 19.1 Å². The number of hydrogen-bond donors (Lipinski definition) is 2. The molecule has 0 atom stereocenters. The number of pyridine rings is 1. The number of nitrogens with one attached hydrogen (secondary N) is 1. The lowest BCUT2D eigenvalue weighted by Crippen LogP contribution is -2.20. The summed E-state index contributed by atoms with van der Waals surface area (Å²) in [6.45, 7) is 1.04. The van der Waals surface area contributed by atoms with Crippen molar-refractivity contribution in [3.8, 4) is 16.9 Å². The van der Waals surface area contributed by atoms with Gasteiger partial charge in [0.25, 0.3) is 0 Å². The zero-order chi connectivity index (χ0) is 23.2. The summed E-state index contributed by atoms with van der Waals surface area (Å²) in [6, 6.07) is 5.75. The van der Waals surface area contributed by atoms with E-state index in [0.29, 0.717) is 52.6 Å². The van der Waals surface area contributed by atoms with Gasteiger partial charge in [0.2, 0.25) is 5.95 Å². The molecule has 1 aromatic carbocycles. The van der Waals surface area contributed by atoms with Crippen LogP contribution in [0, 0.1) is 12.7 Å². The van der Waals surface area contributed by atoms with Gasteiger partial charge in [-0.2, -0.15) is 8.78 Å². The molecule has 0 saturated carbocycles. The van der Waals surface area contributed by atoms with Crippen LogP contribution in [0.25, 0.3) is 16.6 Å². The predicted molar refractivity (Wildman–Crippen MR) is 115 cm³/mol. The van der Waals surface area contributed by atoms with Gasteiger partial charge in [0.1, 0.15) is 30.2 Å². The zero-order valence-electron chi connectivity index (χ0n) is 17.6. The molecule has 0 unspecified atom stereocenters. The number of hydrogen-bond acceptors (Lipinski definition) is 6. The van der Waals surface area contributed by atoms with Crippen LogP contribution >= 0.6 is 0 Å². The third kappa shape index (κ3) is 3.66. The van der Waals surface area contributed by atoms with Gasteiger partial charge in [-0.25, -0.2) is 14.4 Å². The first-order chi connectivity index (χ1) is 15.9. The number of aliphatic hydroxyl groups excluding tert-OH is 1. The minimum Gasteiger partial charge on any atom is -0.493 e. The van der Waals surface area contributed by atoms with Crippen molar-refractivity contribution in [2.45, 2.75) is 25.8 Å². The first-order valence-electron chi connectivity index (χ1n) is 10.3. The fourth-order valence-electron chi connectivity index (χ4n) is 4.06. The Hall–Kier alpha value is -3.66. The lowest BCUT2D eigenvalue weighted by Gasteiger charge is -2.16. The number of benzene rings is 1. The second kappa shape index (κ2) is 8.04. The van der Waals surface area contributed by atoms with Crippen molar-refractivity contribution in [3.63, 3.8) is 0 Å². The first kappa shape index (κ1) is 21.2. The average molecular weight is 455 g/mol. The Morgan fingerprint density at radius 3 is 2.82 bits per heavy atom. The van der Waals surface area contributed by atoms with Crippen LogP contribution in [-0.4, -0.2) is 37.7 Å². The van der Waals surface area contributed by atoms with E-state index in [-0.39, 0.29) is 12.4 Å². The number of aliphatic hydroxyl groups is 1. The van der Waals surface area contributed by atoms with Crippen LogP contribution in [0.2, 0.25) is 0 Å².